The largest absolute Gasteiger partial charge is 0.506 e. The number of ether oxygens (including phenoxy) is 1. The minimum absolute atomic E-state index is 0.154. The Kier molecular flexibility index (Phi) is 3.55. The first-order valence-electron chi connectivity index (χ1n) is 6.37. The lowest BCUT2D eigenvalue weighted by Gasteiger charge is -2.40. The second kappa shape index (κ2) is 4.99. The Labute approximate surface area is 113 Å². The molecule has 2 N–H and O–H groups in total. The normalized spacial score (nSPS) is 15.8. The van der Waals surface area contributed by atoms with Crippen LogP contribution in [0.3, 0.4) is 0 Å². The molecule has 1 aromatic rings. The maximum atomic E-state index is 11.7. The van der Waals surface area contributed by atoms with Crippen molar-refractivity contribution < 1.29 is 14.6 Å². The summed E-state index contributed by atoms with van der Waals surface area (Å²) >= 11 is 0. The summed E-state index contributed by atoms with van der Waals surface area (Å²) in [6.45, 7) is 6.72. The van der Waals surface area contributed by atoms with Crippen molar-refractivity contribution in [3.63, 3.8) is 0 Å². The molecule has 5 heteroatoms. The second-order valence-electron chi connectivity index (χ2n) is 5.74. The van der Waals surface area contributed by atoms with Crippen LogP contribution < -0.4 is 5.32 Å². The van der Waals surface area contributed by atoms with Crippen LogP contribution in [0.5, 0.6) is 5.75 Å². The maximum absolute atomic E-state index is 11.7. The summed E-state index contributed by atoms with van der Waals surface area (Å²) in [6.07, 6.45) is -0.289. The SMILES string of the molecule is CC(C)(C)OC(=O)N1CC(Nc2ccccc2O)C1. The highest BCUT2D eigenvalue weighted by Gasteiger charge is 2.33. The van der Waals surface area contributed by atoms with Gasteiger partial charge in [0.05, 0.1) is 11.7 Å². The fraction of sp³-hybridized carbons (Fsp3) is 0.500. The molecule has 1 aromatic carbocycles. The summed E-state index contributed by atoms with van der Waals surface area (Å²) in [4.78, 5) is 13.4. The molecule has 5 nitrogen and oxygen atoms in total. The number of amides is 1. The minimum Gasteiger partial charge on any atom is -0.506 e. The van der Waals surface area contributed by atoms with Gasteiger partial charge in [-0.3, -0.25) is 0 Å². The third-order valence-electron chi connectivity index (χ3n) is 2.80. The van der Waals surface area contributed by atoms with Gasteiger partial charge in [0.2, 0.25) is 0 Å². The average Bonchev–Trinajstić information content (AvgIpc) is 2.22. The van der Waals surface area contributed by atoms with Crippen LogP contribution in [0.4, 0.5) is 10.5 Å². The third-order valence-corrected chi connectivity index (χ3v) is 2.80. The van der Waals surface area contributed by atoms with E-state index >= 15 is 0 Å². The monoisotopic (exact) mass is 264 g/mol. The van der Waals surface area contributed by atoms with Crippen LogP contribution in [-0.4, -0.2) is 40.8 Å². The van der Waals surface area contributed by atoms with E-state index < -0.39 is 5.60 Å². The number of rotatable bonds is 2. The van der Waals surface area contributed by atoms with Crippen LogP contribution in [0, 0.1) is 0 Å². The van der Waals surface area contributed by atoms with Crippen molar-refractivity contribution in [2.24, 2.45) is 0 Å². The summed E-state index contributed by atoms with van der Waals surface area (Å²) < 4.78 is 5.27. The molecule has 0 spiro atoms. The van der Waals surface area contributed by atoms with Gasteiger partial charge >= 0.3 is 6.09 Å². The number of phenols is 1. The molecule has 0 aliphatic carbocycles. The highest BCUT2D eigenvalue weighted by Crippen LogP contribution is 2.25. The summed E-state index contributed by atoms with van der Waals surface area (Å²) in [7, 11) is 0. The smallest absolute Gasteiger partial charge is 0.410 e. The number of anilines is 1. The quantitative estimate of drug-likeness (QED) is 0.805. The summed E-state index contributed by atoms with van der Waals surface area (Å²) in [6, 6.07) is 7.22. The van der Waals surface area contributed by atoms with E-state index in [2.05, 4.69) is 5.32 Å². The van der Waals surface area contributed by atoms with Crippen LogP contribution in [0.25, 0.3) is 0 Å². The second-order valence-corrected chi connectivity index (χ2v) is 5.74. The average molecular weight is 264 g/mol. The van der Waals surface area contributed by atoms with Crippen molar-refractivity contribution in [1.82, 2.24) is 4.90 Å². The number of carbonyl (C=O) groups excluding carboxylic acids is 1. The Hall–Kier alpha value is -1.91. The van der Waals surface area contributed by atoms with Crippen molar-refractivity contribution in [1.29, 1.82) is 0 Å². The molecule has 1 saturated heterocycles. The fourth-order valence-electron chi connectivity index (χ4n) is 1.86. The lowest BCUT2D eigenvalue weighted by molar-refractivity contribution is 0.0105. The molecule has 0 bridgehead atoms. The highest BCUT2D eigenvalue weighted by atomic mass is 16.6. The van der Waals surface area contributed by atoms with E-state index in [1.165, 1.54) is 0 Å². The standard InChI is InChI=1S/C14H20N2O3/c1-14(2,3)19-13(18)16-8-10(9-16)15-11-6-4-5-7-12(11)17/h4-7,10,15,17H,8-9H2,1-3H3. The summed E-state index contributed by atoms with van der Waals surface area (Å²) in [5.41, 5.74) is 0.226. The predicted molar refractivity (Wildman–Crippen MR) is 73.3 cm³/mol. The molecule has 104 valence electrons. The van der Waals surface area contributed by atoms with Crippen LogP contribution in [-0.2, 0) is 4.74 Å². The molecule has 0 radical (unpaired) electrons. The van der Waals surface area contributed by atoms with E-state index in [1.54, 1.807) is 17.0 Å². The van der Waals surface area contributed by atoms with Crippen molar-refractivity contribution in [3.8, 4) is 5.75 Å². The van der Waals surface area contributed by atoms with Gasteiger partial charge in [0, 0.05) is 13.1 Å². The van der Waals surface area contributed by atoms with Crippen molar-refractivity contribution in [3.05, 3.63) is 24.3 Å². The number of nitrogens with one attached hydrogen (secondary N) is 1. The Morgan fingerprint density at radius 1 is 1.37 bits per heavy atom. The van der Waals surface area contributed by atoms with Crippen LogP contribution in [0.15, 0.2) is 24.3 Å². The van der Waals surface area contributed by atoms with Gasteiger partial charge in [-0.1, -0.05) is 12.1 Å². The summed E-state index contributed by atoms with van der Waals surface area (Å²) in [5.74, 6) is 0.221. The number of carbonyl (C=O) groups is 1. The lowest BCUT2D eigenvalue weighted by atomic mass is 10.1. The number of likely N-dealkylation sites (tertiary alicyclic amines) is 1. The molecule has 1 amide bonds. The van der Waals surface area contributed by atoms with Crippen LogP contribution in [0.1, 0.15) is 20.8 Å². The molecule has 19 heavy (non-hydrogen) atoms. The van der Waals surface area contributed by atoms with E-state index in [1.807, 2.05) is 32.9 Å². The third kappa shape index (κ3) is 3.53. The molecule has 0 saturated carbocycles. The van der Waals surface area contributed by atoms with Crippen LogP contribution >= 0.6 is 0 Å². The topological polar surface area (TPSA) is 61.8 Å². The number of benzene rings is 1. The van der Waals surface area contributed by atoms with Gasteiger partial charge in [0.15, 0.2) is 0 Å². The molecule has 0 unspecified atom stereocenters. The molecular weight excluding hydrogens is 244 g/mol. The predicted octanol–water partition coefficient (Wildman–Crippen LogP) is 2.42. The lowest BCUT2D eigenvalue weighted by Crippen LogP contribution is -2.57. The molecule has 2 rings (SSSR count). The van der Waals surface area contributed by atoms with E-state index in [0.717, 1.165) is 0 Å². The first-order valence-corrected chi connectivity index (χ1v) is 6.37. The fourth-order valence-corrected chi connectivity index (χ4v) is 1.86. The molecule has 1 fully saturated rings. The van der Waals surface area contributed by atoms with Gasteiger partial charge in [-0.25, -0.2) is 4.79 Å². The highest BCUT2D eigenvalue weighted by molar-refractivity contribution is 5.70. The zero-order valence-electron chi connectivity index (χ0n) is 11.5. The zero-order chi connectivity index (χ0) is 14.0. The summed E-state index contributed by atoms with van der Waals surface area (Å²) in [5, 5.41) is 12.8. The van der Waals surface area contributed by atoms with Gasteiger partial charge in [0.25, 0.3) is 0 Å². The number of phenolic OH excluding ortho intramolecular Hbond substituents is 1. The van der Waals surface area contributed by atoms with Crippen molar-refractivity contribution in [2.75, 3.05) is 18.4 Å². The Morgan fingerprint density at radius 2 is 2.00 bits per heavy atom. The number of nitrogens with zero attached hydrogens (tertiary/aromatic N) is 1. The van der Waals surface area contributed by atoms with E-state index in [0.29, 0.717) is 18.8 Å². The Bertz CT molecular complexity index is 462. The van der Waals surface area contributed by atoms with Gasteiger partial charge < -0.3 is 20.1 Å². The molecule has 0 atom stereocenters. The first-order chi connectivity index (χ1) is 8.85. The Morgan fingerprint density at radius 3 is 2.58 bits per heavy atom. The molecule has 0 aromatic heterocycles. The maximum Gasteiger partial charge on any atom is 0.410 e. The zero-order valence-corrected chi connectivity index (χ0v) is 11.5. The minimum atomic E-state index is -0.465. The van der Waals surface area contributed by atoms with Crippen molar-refractivity contribution in [2.45, 2.75) is 32.4 Å². The molecular formula is C14H20N2O3. The van der Waals surface area contributed by atoms with Crippen LogP contribution in [0.2, 0.25) is 0 Å². The van der Waals surface area contributed by atoms with Gasteiger partial charge in [0.1, 0.15) is 11.4 Å². The van der Waals surface area contributed by atoms with E-state index in [9.17, 15) is 9.90 Å². The van der Waals surface area contributed by atoms with E-state index in [4.69, 9.17) is 4.74 Å². The molecule has 1 aliphatic heterocycles. The first kappa shape index (κ1) is 13.5. The molecule has 1 heterocycles. The van der Waals surface area contributed by atoms with E-state index in [-0.39, 0.29) is 17.9 Å². The van der Waals surface area contributed by atoms with Gasteiger partial charge in [-0.05, 0) is 32.9 Å². The number of aromatic hydroxyl groups is 1. The molecule has 1 aliphatic rings. The van der Waals surface area contributed by atoms with Gasteiger partial charge in [-0.15, -0.1) is 0 Å². The number of hydrogen-bond donors (Lipinski definition) is 2. The number of para-hydroxylation sites is 2. The van der Waals surface area contributed by atoms with Crippen molar-refractivity contribution >= 4 is 11.8 Å². The number of hydrogen-bond acceptors (Lipinski definition) is 4. The Balaban J connectivity index is 1.81. The van der Waals surface area contributed by atoms with Gasteiger partial charge in [-0.2, -0.15) is 0 Å².